The average Bonchev–Trinajstić information content (AvgIpc) is 2.87. The van der Waals surface area contributed by atoms with Gasteiger partial charge in [0.05, 0.1) is 5.75 Å². The van der Waals surface area contributed by atoms with Gasteiger partial charge in [0.2, 0.25) is 10.0 Å². The van der Waals surface area contributed by atoms with Crippen LogP contribution in [0.25, 0.3) is 0 Å². The van der Waals surface area contributed by atoms with Gasteiger partial charge in [0.25, 0.3) is 0 Å². The van der Waals surface area contributed by atoms with Crippen LogP contribution < -0.4 is 10.5 Å². The smallest absolute Gasteiger partial charge is 0.215 e. The molecule has 18 heavy (non-hydrogen) atoms. The second kappa shape index (κ2) is 4.55. The van der Waals surface area contributed by atoms with Gasteiger partial charge in [-0.15, -0.1) is 0 Å². The molecule has 2 rings (SSSR count). The van der Waals surface area contributed by atoms with E-state index in [2.05, 4.69) is 18.6 Å². The summed E-state index contributed by atoms with van der Waals surface area (Å²) in [4.78, 5) is 0. The summed E-state index contributed by atoms with van der Waals surface area (Å²) < 4.78 is 26.5. The lowest BCUT2D eigenvalue weighted by Gasteiger charge is -2.08. The maximum Gasteiger partial charge on any atom is 0.215 e. The monoisotopic (exact) mass is 268 g/mol. The Kier molecular flexibility index (Phi) is 3.38. The quantitative estimate of drug-likeness (QED) is 0.799. The molecular formula is C13H20N2O2S. The molecule has 1 atom stereocenters. The molecule has 1 aliphatic rings. The van der Waals surface area contributed by atoms with E-state index in [1.807, 2.05) is 0 Å². The van der Waals surface area contributed by atoms with Crippen molar-refractivity contribution < 1.29 is 8.42 Å². The molecule has 1 saturated carbocycles. The largest absolute Gasteiger partial charge is 0.399 e. The van der Waals surface area contributed by atoms with Gasteiger partial charge in [-0.2, -0.15) is 0 Å². The number of nitrogens with one attached hydrogen (secondary N) is 1. The number of rotatable bonds is 5. The SMILES string of the molecule is CC1(C)CC1CNS(=O)(=O)Cc1ccc(N)cc1. The Morgan fingerprint density at radius 1 is 1.33 bits per heavy atom. The molecule has 3 N–H and O–H groups in total. The second-order valence-corrected chi connectivity index (χ2v) is 7.55. The highest BCUT2D eigenvalue weighted by Gasteiger charge is 2.45. The highest BCUT2D eigenvalue weighted by atomic mass is 32.2. The highest BCUT2D eigenvalue weighted by Crippen LogP contribution is 2.51. The van der Waals surface area contributed by atoms with Crippen LogP contribution in [0.3, 0.4) is 0 Å². The summed E-state index contributed by atoms with van der Waals surface area (Å²) in [5, 5.41) is 0. The Morgan fingerprint density at radius 3 is 2.39 bits per heavy atom. The number of hydrogen-bond acceptors (Lipinski definition) is 3. The van der Waals surface area contributed by atoms with Crippen LogP contribution in [0.2, 0.25) is 0 Å². The highest BCUT2D eigenvalue weighted by molar-refractivity contribution is 7.88. The first-order valence-corrected chi connectivity index (χ1v) is 7.75. The van der Waals surface area contributed by atoms with E-state index in [9.17, 15) is 8.42 Å². The van der Waals surface area contributed by atoms with Gasteiger partial charge in [-0.1, -0.05) is 26.0 Å². The van der Waals surface area contributed by atoms with Gasteiger partial charge in [0, 0.05) is 12.2 Å². The molecule has 100 valence electrons. The third-order valence-corrected chi connectivity index (χ3v) is 4.92. The standard InChI is InChI=1S/C13H20N2O2S/c1-13(2)7-11(13)8-15-18(16,17)9-10-3-5-12(14)6-4-10/h3-6,11,15H,7-9,14H2,1-2H3. The van der Waals surface area contributed by atoms with Crippen LogP contribution in [0, 0.1) is 11.3 Å². The Hall–Kier alpha value is -1.07. The van der Waals surface area contributed by atoms with Crippen LogP contribution in [0.4, 0.5) is 5.69 Å². The summed E-state index contributed by atoms with van der Waals surface area (Å²) in [6.07, 6.45) is 1.09. The summed E-state index contributed by atoms with van der Waals surface area (Å²) in [7, 11) is -3.24. The minimum absolute atomic E-state index is 0.0143. The van der Waals surface area contributed by atoms with E-state index in [-0.39, 0.29) is 5.75 Å². The van der Waals surface area contributed by atoms with Gasteiger partial charge >= 0.3 is 0 Å². The molecule has 1 aromatic rings. The van der Waals surface area contributed by atoms with E-state index in [1.165, 1.54) is 0 Å². The van der Waals surface area contributed by atoms with Crippen LogP contribution in [0.15, 0.2) is 24.3 Å². The maximum absolute atomic E-state index is 11.9. The number of sulfonamides is 1. The lowest BCUT2D eigenvalue weighted by molar-refractivity contribution is 0.537. The lowest BCUT2D eigenvalue weighted by Crippen LogP contribution is -2.28. The van der Waals surface area contributed by atoms with E-state index in [0.717, 1.165) is 12.0 Å². The van der Waals surface area contributed by atoms with Crippen molar-refractivity contribution in [2.45, 2.75) is 26.0 Å². The number of nitrogens with two attached hydrogens (primary N) is 1. The minimum Gasteiger partial charge on any atom is -0.399 e. The molecule has 0 heterocycles. The van der Waals surface area contributed by atoms with E-state index < -0.39 is 10.0 Å². The Balaban J connectivity index is 1.89. The molecule has 1 aliphatic carbocycles. The van der Waals surface area contributed by atoms with Crippen LogP contribution in [-0.2, 0) is 15.8 Å². The molecule has 5 heteroatoms. The van der Waals surface area contributed by atoms with Gasteiger partial charge in [-0.05, 0) is 35.4 Å². The molecule has 1 fully saturated rings. The predicted octanol–water partition coefficient (Wildman–Crippen LogP) is 1.73. The van der Waals surface area contributed by atoms with E-state index in [1.54, 1.807) is 24.3 Å². The van der Waals surface area contributed by atoms with Crippen molar-refractivity contribution in [3.8, 4) is 0 Å². The second-order valence-electron chi connectivity index (χ2n) is 5.74. The fourth-order valence-electron chi connectivity index (χ4n) is 2.04. The fourth-order valence-corrected chi connectivity index (χ4v) is 3.22. The normalized spacial score (nSPS) is 21.8. The Bertz CT molecular complexity index is 520. The number of hydrogen-bond donors (Lipinski definition) is 2. The zero-order chi connectivity index (χ0) is 13.4. The number of anilines is 1. The van der Waals surface area contributed by atoms with Crippen LogP contribution in [0.5, 0.6) is 0 Å². The zero-order valence-electron chi connectivity index (χ0n) is 10.8. The summed E-state index contributed by atoms with van der Waals surface area (Å²) >= 11 is 0. The van der Waals surface area contributed by atoms with Crippen LogP contribution in [0.1, 0.15) is 25.8 Å². The molecule has 0 aromatic heterocycles. The third kappa shape index (κ3) is 3.46. The van der Waals surface area contributed by atoms with Crippen molar-refractivity contribution in [1.29, 1.82) is 0 Å². The fraction of sp³-hybridized carbons (Fsp3) is 0.538. The van der Waals surface area contributed by atoms with E-state index in [0.29, 0.717) is 23.6 Å². The summed E-state index contributed by atoms with van der Waals surface area (Å²) in [6.45, 7) is 4.86. The van der Waals surface area contributed by atoms with Gasteiger partial charge in [0.15, 0.2) is 0 Å². The molecule has 0 saturated heterocycles. The van der Waals surface area contributed by atoms with E-state index in [4.69, 9.17) is 5.73 Å². The van der Waals surface area contributed by atoms with Gasteiger partial charge in [-0.3, -0.25) is 0 Å². The third-order valence-electron chi connectivity index (χ3n) is 3.60. The van der Waals surface area contributed by atoms with Crippen molar-refractivity contribution in [3.63, 3.8) is 0 Å². The molecule has 1 aromatic carbocycles. The van der Waals surface area contributed by atoms with Crippen LogP contribution in [-0.4, -0.2) is 15.0 Å². The zero-order valence-corrected chi connectivity index (χ0v) is 11.6. The Labute approximate surface area is 109 Å². The maximum atomic E-state index is 11.9. The molecule has 0 bridgehead atoms. The predicted molar refractivity (Wildman–Crippen MR) is 73.4 cm³/mol. The van der Waals surface area contributed by atoms with Crippen molar-refractivity contribution in [3.05, 3.63) is 29.8 Å². The molecule has 0 amide bonds. The topological polar surface area (TPSA) is 72.2 Å². The summed E-state index contributed by atoms with van der Waals surface area (Å²) in [6, 6.07) is 6.93. The van der Waals surface area contributed by atoms with Gasteiger partial charge in [-0.25, -0.2) is 13.1 Å². The molecular weight excluding hydrogens is 248 g/mol. The molecule has 1 unspecified atom stereocenters. The minimum atomic E-state index is -3.24. The molecule has 0 spiro atoms. The summed E-state index contributed by atoms with van der Waals surface area (Å²) in [5.74, 6) is 0.485. The van der Waals surface area contributed by atoms with E-state index >= 15 is 0 Å². The van der Waals surface area contributed by atoms with Crippen molar-refractivity contribution >= 4 is 15.7 Å². The van der Waals surface area contributed by atoms with Crippen molar-refractivity contribution in [2.24, 2.45) is 11.3 Å². The van der Waals surface area contributed by atoms with Gasteiger partial charge < -0.3 is 5.73 Å². The lowest BCUT2D eigenvalue weighted by atomic mass is 10.1. The summed E-state index contributed by atoms with van der Waals surface area (Å²) in [5.41, 5.74) is 7.26. The molecule has 0 radical (unpaired) electrons. The van der Waals surface area contributed by atoms with Gasteiger partial charge in [0.1, 0.15) is 0 Å². The first kappa shape index (κ1) is 13.4. The van der Waals surface area contributed by atoms with Crippen molar-refractivity contribution in [2.75, 3.05) is 12.3 Å². The van der Waals surface area contributed by atoms with Crippen LogP contribution >= 0.6 is 0 Å². The molecule has 0 aliphatic heterocycles. The average molecular weight is 268 g/mol. The first-order chi connectivity index (χ1) is 8.28. The Morgan fingerprint density at radius 2 is 1.89 bits per heavy atom. The number of benzene rings is 1. The van der Waals surface area contributed by atoms with Crippen molar-refractivity contribution in [1.82, 2.24) is 4.72 Å². The number of nitrogen functional groups attached to an aromatic ring is 1. The first-order valence-electron chi connectivity index (χ1n) is 6.10. The molecule has 4 nitrogen and oxygen atoms in total.